The summed E-state index contributed by atoms with van der Waals surface area (Å²) >= 11 is 7.91. The van der Waals surface area contributed by atoms with Gasteiger partial charge in [-0.1, -0.05) is 17.7 Å². The van der Waals surface area contributed by atoms with Crippen molar-refractivity contribution >= 4 is 23.4 Å². The van der Waals surface area contributed by atoms with Crippen LogP contribution in [0.1, 0.15) is 11.3 Å². The van der Waals surface area contributed by atoms with Crippen molar-refractivity contribution < 1.29 is 4.42 Å². The summed E-state index contributed by atoms with van der Waals surface area (Å²) in [7, 11) is 1.91. The van der Waals surface area contributed by atoms with Crippen molar-refractivity contribution in [1.82, 2.24) is 5.32 Å². The highest BCUT2D eigenvalue weighted by molar-refractivity contribution is 7.98. The van der Waals surface area contributed by atoms with E-state index < -0.39 is 0 Å². The Hall–Kier alpha value is -0.900. The molecule has 0 aliphatic rings. The predicted octanol–water partition coefficient (Wildman–Crippen LogP) is 3.94. The topological polar surface area (TPSA) is 25.2 Å². The van der Waals surface area contributed by atoms with Crippen molar-refractivity contribution in [2.24, 2.45) is 0 Å². The van der Waals surface area contributed by atoms with Gasteiger partial charge in [-0.15, -0.1) is 11.8 Å². The molecular formula is C13H14ClNOS. The molecular weight excluding hydrogens is 254 g/mol. The van der Waals surface area contributed by atoms with E-state index >= 15 is 0 Å². The monoisotopic (exact) mass is 267 g/mol. The molecule has 4 heteroatoms. The van der Waals surface area contributed by atoms with Crippen LogP contribution in [0.3, 0.4) is 0 Å². The molecule has 90 valence electrons. The zero-order valence-corrected chi connectivity index (χ0v) is 11.1. The minimum atomic E-state index is 0.794. The van der Waals surface area contributed by atoms with Crippen molar-refractivity contribution in [3.63, 3.8) is 0 Å². The average Bonchev–Trinajstić information content (AvgIpc) is 2.83. The van der Waals surface area contributed by atoms with E-state index in [4.69, 9.17) is 16.0 Å². The van der Waals surface area contributed by atoms with Crippen molar-refractivity contribution in [3.8, 4) is 0 Å². The van der Waals surface area contributed by atoms with Crippen LogP contribution in [0, 0.1) is 0 Å². The second-order valence-electron chi connectivity index (χ2n) is 3.65. The van der Waals surface area contributed by atoms with Gasteiger partial charge in [0.25, 0.3) is 0 Å². The fourth-order valence-corrected chi connectivity index (χ4v) is 2.65. The van der Waals surface area contributed by atoms with Crippen molar-refractivity contribution in [1.29, 1.82) is 0 Å². The summed E-state index contributed by atoms with van der Waals surface area (Å²) in [5, 5.41) is 3.90. The molecule has 1 aromatic heterocycles. The third kappa shape index (κ3) is 3.53. The number of nitrogens with one attached hydrogen (secondary N) is 1. The zero-order valence-electron chi connectivity index (χ0n) is 9.57. The molecule has 0 bridgehead atoms. The number of hydrogen-bond donors (Lipinski definition) is 1. The van der Waals surface area contributed by atoms with E-state index in [0.29, 0.717) is 0 Å². The van der Waals surface area contributed by atoms with Crippen LogP contribution in [-0.4, -0.2) is 7.05 Å². The summed E-state index contributed by atoms with van der Waals surface area (Å²) in [6.07, 6.45) is 1.69. The average molecular weight is 268 g/mol. The highest BCUT2D eigenvalue weighted by Crippen LogP contribution is 2.27. The second-order valence-corrected chi connectivity index (χ2v) is 5.11. The Morgan fingerprint density at radius 1 is 1.35 bits per heavy atom. The van der Waals surface area contributed by atoms with Crippen molar-refractivity contribution in [3.05, 3.63) is 52.9 Å². The third-order valence-electron chi connectivity index (χ3n) is 2.35. The van der Waals surface area contributed by atoms with E-state index in [0.717, 1.165) is 33.5 Å². The minimum absolute atomic E-state index is 0.794. The molecule has 0 aliphatic heterocycles. The lowest BCUT2D eigenvalue weighted by atomic mass is 10.2. The first-order valence-corrected chi connectivity index (χ1v) is 6.74. The molecule has 0 spiro atoms. The fourth-order valence-electron chi connectivity index (χ4n) is 1.50. The van der Waals surface area contributed by atoms with E-state index in [9.17, 15) is 0 Å². The van der Waals surface area contributed by atoms with E-state index in [-0.39, 0.29) is 0 Å². The molecule has 0 saturated carbocycles. The normalized spacial score (nSPS) is 10.7. The van der Waals surface area contributed by atoms with Gasteiger partial charge in [0.1, 0.15) is 5.76 Å². The van der Waals surface area contributed by atoms with Crippen LogP contribution in [-0.2, 0) is 12.3 Å². The molecule has 2 nitrogen and oxygen atoms in total. The van der Waals surface area contributed by atoms with Gasteiger partial charge in [0.05, 0.1) is 12.0 Å². The Morgan fingerprint density at radius 2 is 2.24 bits per heavy atom. The first kappa shape index (κ1) is 12.6. The summed E-state index contributed by atoms with van der Waals surface area (Å²) in [5.74, 6) is 1.81. The van der Waals surface area contributed by atoms with Crippen LogP contribution in [0.2, 0.25) is 5.02 Å². The molecule has 0 unspecified atom stereocenters. The Balaban J connectivity index is 2.00. The van der Waals surface area contributed by atoms with Gasteiger partial charge in [-0.05, 0) is 36.9 Å². The quantitative estimate of drug-likeness (QED) is 0.831. The summed E-state index contributed by atoms with van der Waals surface area (Å²) < 4.78 is 5.28. The van der Waals surface area contributed by atoms with Gasteiger partial charge in [-0.25, -0.2) is 0 Å². The standard InChI is InChI=1S/C13H14ClNOS/c1-15-8-10-4-5-12(7-13(10)14)17-9-11-3-2-6-16-11/h2-7,15H,8-9H2,1H3. The van der Waals surface area contributed by atoms with Crippen molar-refractivity contribution in [2.75, 3.05) is 7.05 Å². The van der Waals surface area contributed by atoms with Crippen LogP contribution in [0.25, 0.3) is 0 Å². The molecule has 1 heterocycles. The molecule has 1 aromatic carbocycles. The summed E-state index contributed by atoms with van der Waals surface area (Å²) in [5.41, 5.74) is 1.12. The molecule has 0 aliphatic carbocycles. The Labute approximate surface area is 110 Å². The van der Waals surface area contributed by atoms with Crippen LogP contribution < -0.4 is 5.32 Å². The lowest BCUT2D eigenvalue weighted by molar-refractivity contribution is 0.530. The van der Waals surface area contributed by atoms with E-state index in [1.54, 1.807) is 18.0 Å². The van der Waals surface area contributed by atoms with Crippen molar-refractivity contribution in [2.45, 2.75) is 17.2 Å². The molecule has 2 rings (SSSR count). The van der Waals surface area contributed by atoms with Crippen LogP contribution in [0.4, 0.5) is 0 Å². The largest absolute Gasteiger partial charge is 0.468 e. The minimum Gasteiger partial charge on any atom is -0.468 e. The molecule has 2 aromatic rings. The maximum absolute atomic E-state index is 6.19. The molecule has 0 saturated heterocycles. The van der Waals surface area contributed by atoms with Gasteiger partial charge in [-0.2, -0.15) is 0 Å². The molecule has 1 N–H and O–H groups in total. The summed E-state index contributed by atoms with van der Waals surface area (Å²) in [6, 6.07) is 10.0. The van der Waals surface area contributed by atoms with E-state index in [1.165, 1.54) is 0 Å². The van der Waals surface area contributed by atoms with Gasteiger partial charge in [0, 0.05) is 16.5 Å². The van der Waals surface area contributed by atoms with Crippen LogP contribution >= 0.6 is 23.4 Å². The number of benzene rings is 1. The van der Waals surface area contributed by atoms with Gasteiger partial charge in [-0.3, -0.25) is 0 Å². The molecule has 17 heavy (non-hydrogen) atoms. The van der Waals surface area contributed by atoms with Gasteiger partial charge < -0.3 is 9.73 Å². The number of thioether (sulfide) groups is 1. The number of halogens is 1. The number of hydrogen-bond acceptors (Lipinski definition) is 3. The van der Waals surface area contributed by atoms with E-state index in [2.05, 4.69) is 17.4 Å². The maximum Gasteiger partial charge on any atom is 0.113 e. The molecule has 0 amide bonds. The molecule has 0 radical (unpaired) electrons. The highest BCUT2D eigenvalue weighted by atomic mass is 35.5. The van der Waals surface area contributed by atoms with Gasteiger partial charge in [0.2, 0.25) is 0 Å². The lowest BCUT2D eigenvalue weighted by Gasteiger charge is -2.06. The smallest absolute Gasteiger partial charge is 0.113 e. The SMILES string of the molecule is CNCc1ccc(SCc2ccco2)cc1Cl. The Bertz CT molecular complexity index is 470. The number of furan rings is 1. The second kappa shape index (κ2) is 6.15. The lowest BCUT2D eigenvalue weighted by Crippen LogP contribution is -2.05. The fraction of sp³-hybridized carbons (Fsp3) is 0.231. The third-order valence-corrected chi connectivity index (χ3v) is 3.72. The van der Waals surface area contributed by atoms with E-state index in [1.807, 2.05) is 25.2 Å². The highest BCUT2D eigenvalue weighted by Gasteiger charge is 2.03. The Kier molecular flexibility index (Phi) is 4.54. The first-order chi connectivity index (χ1) is 8.29. The molecule has 0 fully saturated rings. The van der Waals surface area contributed by atoms with Crippen LogP contribution in [0.5, 0.6) is 0 Å². The Morgan fingerprint density at radius 3 is 2.88 bits per heavy atom. The zero-order chi connectivity index (χ0) is 12.1. The van der Waals surface area contributed by atoms with Gasteiger partial charge in [0.15, 0.2) is 0 Å². The van der Waals surface area contributed by atoms with Gasteiger partial charge >= 0.3 is 0 Å². The maximum atomic E-state index is 6.19. The summed E-state index contributed by atoms with van der Waals surface area (Å²) in [4.78, 5) is 1.16. The molecule has 0 atom stereocenters. The van der Waals surface area contributed by atoms with Crippen LogP contribution in [0.15, 0.2) is 45.9 Å². The summed E-state index contributed by atoms with van der Waals surface area (Å²) in [6.45, 7) is 0.794. The number of rotatable bonds is 5. The predicted molar refractivity (Wildman–Crippen MR) is 72.5 cm³/mol. The first-order valence-electron chi connectivity index (χ1n) is 5.38.